The van der Waals surface area contributed by atoms with E-state index >= 15 is 0 Å². The van der Waals surface area contributed by atoms with Gasteiger partial charge in [0.15, 0.2) is 0 Å². The number of carbonyl (C=O) groups is 2. The largest absolute Gasteiger partial charge is 0.335 e. The number of hydrogen-bond acceptors (Lipinski definition) is 3. The van der Waals surface area contributed by atoms with E-state index in [4.69, 9.17) is 0 Å². The lowest BCUT2D eigenvalue weighted by atomic mass is 9.76. The number of aryl methyl sites for hydroxylation is 1. The Morgan fingerprint density at radius 2 is 2.08 bits per heavy atom. The number of likely N-dealkylation sites (tertiary alicyclic amines) is 2. The van der Waals surface area contributed by atoms with Gasteiger partial charge in [-0.2, -0.15) is 0 Å². The highest BCUT2D eigenvalue weighted by Crippen LogP contribution is 2.39. The Balaban J connectivity index is 1.68. The van der Waals surface area contributed by atoms with E-state index in [1.165, 1.54) is 0 Å². The van der Waals surface area contributed by atoms with E-state index in [-0.39, 0.29) is 23.4 Å². The highest BCUT2D eigenvalue weighted by atomic mass is 16.2. The number of pyridine rings is 1. The van der Waals surface area contributed by atoms with Gasteiger partial charge in [-0.05, 0) is 51.2 Å². The average molecular weight is 354 g/mol. The van der Waals surface area contributed by atoms with Gasteiger partial charge in [0, 0.05) is 32.4 Å². The quantitative estimate of drug-likeness (QED) is 0.791. The molecule has 0 aliphatic carbocycles. The molecule has 2 fully saturated rings. The molecule has 6 heteroatoms. The van der Waals surface area contributed by atoms with Crippen molar-refractivity contribution in [2.45, 2.75) is 58.0 Å². The molecule has 0 saturated carbocycles. The first-order valence-electron chi connectivity index (χ1n) is 9.45. The fourth-order valence-electron chi connectivity index (χ4n) is 4.91. The van der Waals surface area contributed by atoms with Crippen LogP contribution in [0.5, 0.6) is 0 Å². The smallest absolute Gasteiger partial charge is 0.274 e. The minimum atomic E-state index is -0.271. The summed E-state index contributed by atoms with van der Waals surface area (Å²) in [5.41, 5.74) is 2.09. The molecular formula is C20H26N4O2. The van der Waals surface area contributed by atoms with Crippen molar-refractivity contribution in [3.63, 3.8) is 0 Å². The van der Waals surface area contributed by atoms with E-state index in [0.717, 1.165) is 50.0 Å². The fourth-order valence-corrected chi connectivity index (χ4v) is 4.91. The predicted molar refractivity (Wildman–Crippen MR) is 99.0 cm³/mol. The van der Waals surface area contributed by atoms with Crippen molar-refractivity contribution >= 4 is 17.5 Å². The first-order chi connectivity index (χ1) is 12.4. The number of hydrogen-bond donors (Lipinski definition) is 0. The second-order valence-corrected chi connectivity index (χ2v) is 7.84. The highest BCUT2D eigenvalue weighted by Gasteiger charge is 2.49. The Hall–Kier alpha value is -2.37. The summed E-state index contributed by atoms with van der Waals surface area (Å²) in [5, 5.41) is 0. The van der Waals surface area contributed by atoms with Crippen LogP contribution in [0.2, 0.25) is 0 Å². The Bertz CT molecular complexity index is 874. The monoisotopic (exact) mass is 354 g/mol. The maximum Gasteiger partial charge on any atom is 0.274 e. The van der Waals surface area contributed by atoms with Gasteiger partial charge >= 0.3 is 0 Å². The molecule has 0 bridgehead atoms. The summed E-state index contributed by atoms with van der Waals surface area (Å²) >= 11 is 0. The van der Waals surface area contributed by atoms with Gasteiger partial charge in [0.05, 0.1) is 11.6 Å². The summed E-state index contributed by atoms with van der Waals surface area (Å²) in [4.78, 5) is 34.0. The number of nitrogens with zero attached hydrogens (tertiary/aromatic N) is 4. The molecule has 4 heterocycles. The molecule has 0 spiro atoms. The van der Waals surface area contributed by atoms with Crippen LogP contribution in [-0.2, 0) is 4.79 Å². The van der Waals surface area contributed by atoms with Crippen LogP contribution >= 0.6 is 0 Å². The molecule has 2 aliphatic heterocycles. The fraction of sp³-hybridized carbons (Fsp3) is 0.550. The molecule has 2 aromatic heterocycles. The molecule has 2 aliphatic rings. The van der Waals surface area contributed by atoms with Gasteiger partial charge in [-0.15, -0.1) is 0 Å². The standard InChI is InChI=1S/C20H26N4O2/c1-14-7-4-10-22-13-16(21-18(14)22)19(26)23-11-6-9-20(3)17(23)8-5-12-24(20)15(2)25/h4,7,10,13,17H,5-6,8-9,11-12H2,1-3H3/t17-,20+/m1/s1. The third-order valence-electron chi connectivity index (χ3n) is 6.19. The van der Waals surface area contributed by atoms with E-state index in [1.807, 2.05) is 45.7 Å². The summed E-state index contributed by atoms with van der Waals surface area (Å²) in [6.07, 6.45) is 7.49. The van der Waals surface area contributed by atoms with Gasteiger partial charge < -0.3 is 14.2 Å². The summed E-state index contributed by atoms with van der Waals surface area (Å²) in [6.45, 7) is 7.31. The van der Waals surface area contributed by atoms with Crippen molar-refractivity contribution in [2.75, 3.05) is 13.1 Å². The second kappa shape index (κ2) is 6.11. The topological polar surface area (TPSA) is 57.9 Å². The lowest BCUT2D eigenvalue weighted by Gasteiger charge is -2.56. The van der Waals surface area contributed by atoms with Crippen LogP contribution in [0.4, 0.5) is 0 Å². The summed E-state index contributed by atoms with van der Waals surface area (Å²) in [6, 6.07) is 4.02. The zero-order valence-corrected chi connectivity index (χ0v) is 15.7. The van der Waals surface area contributed by atoms with Crippen molar-refractivity contribution in [3.8, 4) is 0 Å². The molecule has 4 rings (SSSR count). The summed E-state index contributed by atoms with van der Waals surface area (Å²) in [5.74, 6) is 0.0873. The van der Waals surface area contributed by atoms with Gasteiger partial charge in [-0.25, -0.2) is 4.98 Å². The third-order valence-corrected chi connectivity index (χ3v) is 6.19. The van der Waals surface area contributed by atoms with Gasteiger partial charge in [0.1, 0.15) is 11.3 Å². The predicted octanol–water partition coefficient (Wildman–Crippen LogP) is 2.65. The number of rotatable bonds is 1. The zero-order chi connectivity index (χ0) is 18.5. The molecule has 2 atom stereocenters. The van der Waals surface area contributed by atoms with Crippen molar-refractivity contribution in [2.24, 2.45) is 0 Å². The van der Waals surface area contributed by atoms with Crippen molar-refractivity contribution in [3.05, 3.63) is 35.8 Å². The van der Waals surface area contributed by atoms with Crippen molar-refractivity contribution in [1.29, 1.82) is 0 Å². The Morgan fingerprint density at radius 1 is 1.27 bits per heavy atom. The van der Waals surface area contributed by atoms with Crippen LogP contribution in [-0.4, -0.2) is 55.7 Å². The van der Waals surface area contributed by atoms with Crippen LogP contribution < -0.4 is 0 Å². The molecular weight excluding hydrogens is 328 g/mol. The van der Waals surface area contributed by atoms with Crippen LogP contribution in [0.1, 0.15) is 55.6 Å². The van der Waals surface area contributed by atoms with E-state index in [0.29, 0.717) is 5.69 Å². The Labute approximate surface area is 153 Å². The minimum Gasteiger partial charge on any atom is -0.335 e. The molecule has 0 unspecified atom stereocenters. The highest BCUT2D eigenvalue weighted by molar-refractivity contribution is 5.93. The lowest BCUT2D eigenvalue weighted by Crippen LogP contribution is -2.68. The van der Waals surface area contributed by atoms with Crippen LogP contribution in [0, 0.1) is 6.92 Å². The zero-order valence-electron chi connectivity index (χ0n) is 15.7. The van der Waals surface area contributed by atoms with E-state index in [9.17, 15) is 9.59 Å². The van der Waals surface area contributed by atoms with Gasteiger partial charge in [0.25, 0.3) is 5.91 Å². The number of piperidine rings is 2. The van der Waals surface area contributed by atoms with Crippen molar-refractivity contribution in [1.82, 2.24) is 19.2 Å². The molecule has 26 heavy (non-hydrogen) atoms. The molecule has 0 aromatic carbocycles. The van der Waals surface area contributed by atoms with E-state index in [2.05, 4.69) is 11.9 Å². The van der Waals surface area contributed by atoms with E-state index < -0.39 is 0 Å². The molecule has 2 saturated heterocycles. The van der Waals surface area contributed by atoms with Crippen LogP contribution in [0.3, 0.4) is 0 Å². The number of carbonyl (C=O) groups excluding carboxylic acids is 2. The SMILES string of the molecule is CC(=O)N1CCC[C@H]2N(C(=O)c3cn4cccc(C)c4n3)CCC[C@@]21C. The summed E-state index contributed by atoms with van der Waals surface area (Å²) < 4.78 is 1.91. The first-order valence-corrected chi connectivity index (χ1v) is 9.45. The number of aromatic nitrogens is 2. The van der Waals surface area contributed by atoms with Crippen molar-refractivity contribution < 1.29 is 9.59 Å². The minimum absolute atomic E-state index is 0.0190. The molecule has 2 amide bonds. The van der Waals surface area contributed by atoms with Gasteiger partial charge in [-0.1, -0.05) is 6.07 Å². The van der Waals surface area contributed by atoms with Crippen LogP contribution in [0.15, 0.2) is 24.5 Å². The Kier molecular flexibility index (Phi) is 4.01. The average Bonchev–Trinajstić information content (AvgIpc) is 3.05. The number of amides is 2. The molecule has 0 N–H and O–H groups in total. The number of fused-ring (bicyclic) bond motifs is 2. The maximum absolute atomic E-state index is 13.3. The first kappa shape index (κ1) is 17.1. The number of imidazole rings is 1. The molecule has 6 nitrogen and oxygen atoms in total. The summed E-state index contributed by atoms with van der Waals surface area (Å²) in [7, 11) is 0. The maximum atomic E-state index is 13.3. The van der Waals surface area contributed by atoms with Crippen LogP contribution in [0.25, 0.3) is 5.65 Å². The normalized spacial score (nSPS) is 26.0. The Morgan fingerprint density at radius 3 is 2.81 bits per heavy atom. The molecule has 138 valence electrons. The van der Waals surface area contributed by atoms with E-state index in [1.54, 1.807) is 6.92 Å². The van der Waals surface area contributed by atoms with Gasteiger partial charge in [0.2, 0.25) is 5.91 Å². The molecule has 0 radical (unpaired) electrons. The second-order valence-electron chi connectivity index (χ2n) is 7.84. The third kappa shape index (κ3) is 2.50. The van der Waals surface area contributed by atoms with Gasteiger partial charge in [-0.3, -0.25) is 9.59 Å². The molecule has 2 aromatic rings. The lowest BCUT2D eigenvalue weighted by molar-refractivity contribution is -0.143.